The van der Waals surface area contributed by atoms with E-state index in [1.165, 1.54) is 6.07 Å². The Hall–Kier alpha value is -1.60. The van der Waals surface area contributed by atoms with Gasteiger partial charge in [0.2, 0.25) is 5.91 Å². The molecule has 1 N–H and O–H groups in total. The summed E-state index contributed by atoms with van der Waals surface area (Å²) < 4.78 is 44.1. The minimum atomic E-state index is -4.44. The topological polar surface area (TPSA) is 49.8 Å². The number of hydrogen-bond donors (Lipinski definition) is 1. The van der Waals surface area contributed by atoms with E-state index in [2.05, 4.69) is 0 Å². The van der Waals surface area contributed by atoms with E-state index >= 15 is 0 Å². The van der Waals surface area contributed by atoms with Crippen LogP contribution in [-0.2, 0) is 15.7 Å². The number of benzene rings is 1. The van der Waals surface area contributed by atoms with Crippen LogP contribution in [0.1, 0.15) is 37.3 Å². The number of nitrogens with zero attached hydrogens (tertiary/aromatic N) is 1. The third-order valence-electron chi connectivity index (χ3n) is 4.31. The lowest BCUT2D eigenvalue weighted by atomic mass is 9.92. The summed E-state index contributed by atoms with van der Waals surface area (Å²) in [5.74, 6) is -0.877. The van der Waals surface area contributed by atoms with Crippen LogP contribution in [0.2, 0.25) is 0 Å². The molecular formula is C17H22F3NO3. The van der Waals surface area contributed by atoms with Crippen LogP contribution in [0, 0.1) is 0 Å². The smallest absolute Gasteiger partial charge is 0.394 e. The van der Waals surface area contributed by atoms with Crippen LogP contribution >= 0.6 is 0 Å². The number of morpholine rings is 1. The van der Waals surface area contributed by atoms with Crippen LogP contribution in [0.5, 0.6) is 0 Å². The van der Waals surface area contributed by atoms with Gasteiger partial charge >= 0.3 is 6.18 Å². The minimum absolute atomic E-state index is 0.180. The second kappa shape index (κ2) is 7.53. The van der Waals surface area contributed by atoms with Crippen LogP contribution in [0.15, 0.2) is 24.3 Å². The highest BCUT2D eigenvalue weighted by molar-refractivity contribution is 5.84. The second-order valence-electron chi connectivity index (χ2n) is 6.06. The van der Waals surface area contributed by atoms with Crippen molar-refractivity contribution in [3.63, 3.8) is 0 Å². The van der Waals surface area contributed by atoms with Crippen LogP contribution in [0.3, 0.4) is 0 Å². The molecule has 1 aromatic rings. The van der Waals surface area contributed by atoms with E-state index in [0.717, 1.165) is 12.1 Å². The standard InChI is InChI=1S/C17H22F3NO3/c1-3-15(12-5-4-6-13(7-12)17(18,19)20)16(23)21-8-14(9-22)24-10-11(21)2/h4-7,11,14-15,22H,3,8-10H2,1-2H3. The van der Waals surface area contributed by atoms with Crippen molar-refractivity contribution in [3.05, 3.63) is 35.4 Å². The number of carbonyl (C=O) groups is 1. The summed E-state index contributed by atoms with van der Waals surface area (Å²) in [6.07, 6.45) is -4.50. The molecule has 4 nitrogen and oxygen atoms in total. The second-order valence-corrected chi connectivity index (χ2v) is 6.06. The maximum absolute atomic E-state index is 12.9. The fourth-order valence-electron chi connectivity index (χ4n) is 2.92. The number of aliphatic hydroxyl groups excluding tert-OH is 1. The number of hydrogen-bond acceptors (Lipinski definition) is 3. The number of amides is 1. The van der Waals surface area contributed by atoms with Gasteiger partial charge in [-0.1, -0.05) is 25.1 Å². The average Bonchev–Trinajstić information content (AvgIpc) is 2.55. The molecule has 1 aliphatic heterocycles. The van der Waals surface area contributed by atoms with Crippen molar-refractivity contribution < 1.29 is 27.8 Å². The van der Waals surface area contributed by atoms with Crippen LogP contribution in [-0.4, -0.2) is 47.8 Å². The van der Waals surface area contributed by atoms with Gasteiger partial charge in [0.05, 0.1) is 36.8 Å². The van der Waals surface area contributed by atoms with Crippen LogP contribution in [0.25, 0.3) is 0 Å². The molecule has 0 radical (unpaired) electrons. The number of ether oxygens (including phenoxy) is 1. The predicted molar refractivity (Wildman–Crippen MR) is 82.5 cm³/mol. The Bertz CT molecular complexity index is 576. The van der Waals surface area contributed by atoms with Gasteiger partial charge in [0.1, 0.15) is 0 Å². The SMILES string of the molecule is CCC(C(=O)N1CC(CO)OCC1C)c1cccc(C(F)(F)F)c1. The zero-order chi connectivity index (χ0) is 17.9. The summed E-state index contributed by atoms with van der Waals surface area (Å²) in [6, 6.07) is 4.74. The van der Waals surface area contributed by atoms with Gasteiger partial charge in [0, 0.05) is 6.54 Å². The Morgan fingerprint density at radius 2 is 2.17 bits per heavy atom. The van der Waals surface area contributed by atoms with Crippen LogP contribution < -0.4 is 0 Å². The molecular weight excluding hydrogens is 323 g/mol. The highest BCUT2D eigenvalue weighted by atomic mass is 19.4. The van der Waals surface area contributed by atoms with E-state index in [4.69, 9.17) is 4.74 Å². The number of halogens is 3. The molecule has 2 rings (SSSR count). The number of rotatable bonds is 4. The van der Waals surface area contributed by atoms with E-state index in [-0.39, 0.29) is 25.1 Å². The molecule has 0 aliphatic carbocycles. The van der Waals surface area contributed by atoms with Crippen molar-refractivity contribution in [1.29, 1.82) is 0 Å². The number of aliphatic hydroxyl groups is 1. The molecule has 1 amide bonds. The molecule has 0 saturated carbocycles. The third-order valence-corrected chi connectivity index (χ3v) is 4.31. The lowest BCUT2D eigenvalue weighted by Gasteiger charge is -2.39. The highest BCUT2D eigenvalue weighted by Gasteiger charge is 2.35. The molecule has 1 aliphatic rings. The summed E-state index contributed by atoms with van der Waals surface area (Å²) in [5, 5.41) is 9.23. The largest absolute Gasteiger partial charge is 0.416 e. The van der Waals surface area contributed by atoms with Gasteiger partial charge in [-0.05, 0) is 25.0 Å². The molecule has 0 aromatic heterocycles. The van der Waals surface area contributed by atoms with Crippen molar-refractivity contribution in [2.24, 2.45) is 0 Å². The van der Waals surface area contributed by atoms with Gasteiger partial charge in [-0.3, -0.25) is 4.79 Å². The average molecular weight is 345 g/mol. The molecule has 134 valence electrons. The van der Waals surface area contributed by atoms with Crippen molar-refractivity contribution in [2.75, 3.05) is 19.8 Å². The van der Waals surface area contributed by atoms with E-state index in [0.29, 0.717) is 18.6 Å². The third kappa shape index (κ3) is 4.08. The Labute approximate surface area is 139 Å². The number of alkyl halides is 3. The molecule has 1 fully saturated rings. The molecule has 3 unspecified atom stereocenters. The molecule has 0 bridgehead atoms. The van der Waals surface area contributed by atoms with Gasteiger partial charge in [-0.15, -0.1) is 0 Å². The molecule has 3 atom stereocenters. The molecule has 1 aromatic carbocycles. The molecule has 1 saturated heterocycles. The van der Waals surface area contributed by atoms with Crippen LogP contribution in [0.4, 0.5) is 13.2 Å². The van der Waals surface area contributed by atoms with Gasteiger partial charge in [0.25, 0.3) is 0 Å². The first kappa shape index (κ1) is 18.7. The Morgan fingerprint density at radius 1 is 1.46 bits per heavy atom. The Morgan fingerprint density at radius 3 is 2.75 bits per heavy atom. The van der Waals surface area contributed by atoms with E-state index in [1.54, 1.807) is 17.9 Å². The lowest BCUT2D eigenvalue weighted by molar-refractivity contribution is -0.148. The molecule has 24 heavy (non-hydrogen) atoms. The van der Waals surface area contributed by atoms with Gasteiger partial charge in [0.15, 0.2) is 0 Å². The fourth-order valence-corrected chi connectivity index (χ4v) is 2.92. The first-order valence-corrected chi connectivity index (χ1v) is 7.98. The first-order chi connectivity index (χ1) is 11.3. The minimum Gasteiger partial charge on any atom is -0.394 e. The van der Waals surface area contributed by atoms with Crippen molar-refractivity contribution in [2.45, 2.75) is 44.5 Å². The van der Waals surface area contributed by atoms with E-state index in [9.17, 15) is 23.1 Å². The molecule has 1 heterocycles. The normalized spacial score (nSPS) is 23.2. The summed E-state index contributed by atoms with van der Waals surface area (Å²) in [5.41, 5.74) is -0.397. The summed E-state index contributed by atoms with van der Waals surface area (Å²) in [6.45, 7) is 3.95. The number of carbonyl (C=O) groups excluding carboxylic acids is 1. The van der Waals surface area contributed by atoms with Gasteiger partial charge < -0.3 is 14.7 Å². The van der Waals surface area contributed by atoms with Gasteiger partial charge in [-0.2, -0.15) is 13.2 Å². The van der Waals surface area contributed by atoms with E-state index < -0.39 is 23.8 Å². The summed E-state index contributed by atoms with van der Waals surface area (Å²) >= 11 is 0. The molecule has 7 heteroatoms. The monoisotopic (exact) mass is 345 g/mol. The lowest BCUT2D eigenvalue weighted by Crippen LogP contribution is -2.53. The van der Waals surface area contributed by atoms with Crippen molar-refractivity contribution in [1.82, 2.24) is 4.90 Å². The zero-order valence-electron chi connectivity index (χ0n) is 13.7. The van der Waals surface area contributed by atoms with E-state index in [1.807, 2.05) is 6.92 Å². The summed E-state index contributed by atoms with van der Waals surface area (Å²) in [4.78, 5) is 14.5. The highest BCUT2D eigenvalue weighted by Crippen LogP contribution is 2.33. The Balaban J connectivity index is 2.25. The first-order valence-electron chi connectivity index (χ1n) is 7.98. The van der Waals surface area contributed by atoms with Gasteiger partial charge in [-0.25, -0.2) is 0 Å². The Kier molecular flexibility index (Phi) is 5.87. The summed E-state index contributed by atoms with van der Waals surface area (Å²) in [7, 11) is 0. The maximum Gasteiger partial charge on any atom is 0.416 e. The zero-order valence-corrected chi connectivity index (χ0v) is 13.7. The molecule has 0 spiro atoms. The van der Waals surface area contributed by atoms with Crippen molar-refractivity contribution >= 4 is 5.91 Å². The maximum atomic E-state index is 12.9. The predicted octanol–water partition coefficient (Wildman–Crippen LogP) is 2.81. The van der Waals surface area contributed by atoms with Crippen molar-refractivity contribution in [3.8, 4) is 0 Å². The fraction of sp³-hybridized carbons (Fsp3) is 0.588. The quantitative estimate of drug-likeness (QED) is 0.913.